The highest BCUT2D eigenvalue weighted by Crippen LogP contribution is 2.36. The van der Waals surface area contributed by atoms with Gasteiger partial charge in [0.1, 0.15) is 4.21 Å². The maximum atomic E-state index is 12.6. The number of thiophene rings is 1. The Labute approximate surface area is 133 Å². The Hall–Kier alpha value is 0.380. The Morgan fingerprint density at radius 2 is 1.79 bits per heavy atom. The highest BCUT2D eigenvalue weighted by molar-refractivity contribution is 9.11. The van der Waals surface area contributed by atoms with Crippen LogP contribution in [0.1, 0.15) is 39.5 Å². The Kier molecular flexibility index (Phi) is 7.32. The van der Waals surface area contributed by atoms with Crippen LogP contribution in [0.15, 0.2) is 14.1 Å². The number of hydrogen-bond donors (Lipinski definition) is 0. The van der Waals surface area contributed by atoms with Gasteiger partial charge in [-0.15, -0.1) is 11.3 Å². The van der Waals surface area contributed by atoms with E-state index in [1.807, 2.05) is 0 Å². The first kappa shape index (κ1) is 17.4. The Balaban J connectivity index is 2.97. The fourth-order valence-electron chi connectivity index (χ4n) is 1.60. The van der Waals surface area contributed by atoms with E-state index < -0.39 is 10.0 Å². The molecule has 1 aromatic rings. The number of rotatable bonds is 8. The molecule has 0 atom stereocenters. The van der Waals surface area contributed by atoms with Crippen LogP contribution in [0.5, 0.6) is 0 Å². The van der Waals surface area contributed by atoms with Crippen LogP contribution in [-0.2, 0) is 10.0 Å². The summed E-state index contributed by atoms with van der Waals surface area (Å²) in [5.41, 5.74) is 0. The quantitative estimate of drug-likeness (QED) is 0.644. The van der Waals surface area contributed by atoms with Crippen LogP contribution >= 0.6 is 38.9 Å². The van der Waals surface area contributed by atoms with Crippen LogP contribution in [0, 0.1) is 0 Å². The van der Waals surface area contributed by atoms with Crippen LogP contribution in [0.3, 0.4) is 0 Å². The monoisotopic (exact) mass is 387 g/mol. The second-order valence-corrected chi connectivity index (χ2v) is 9.24. The van der Waals surface area contributed by atoms with E-state index in [9.17, 15) is 8.42 Å². The van der Waals surface area contributed by atoms with E-state index in [0.29, 0.717) is 26.1 Å². The molecule has 0 fully saturated rings. The van der Waals surface area contributed by atoms with Crippen molar-refractivity contribution in [3.8, 4) is 0 Å². The highest BCUT2D eigenvalue weighted by Gasteiger charge is 2.26. The third-order valence-electron chi connectivity index (χ3n) is 2.74. The van der Waals surface area contributed by atoms with Gasteiger partial charge in [-0.1, -0.05) is 38.3 Å². The standard InChI is InChI=1S/C12H19BrClNO2S2/c1-3-5-7-15(8-6-4-2)19(16,17)11-9-10(14)12(13)18-11/h9H,3-8H2,1-2H3. The lowest BCUT2D eigenvalue weighted by atomic mass is 10.3. The lowest BCUT2D eigenvalue weighted by Gasteiger charge is -2.20. The van der Waals surface area contributed by atoms with Crippen LogP contribution in [0.4, 0.5) is 0 Å². The predicted molar refractivity (Wildman–Crippen MR) is 85.6 cm³/mol. The van der Waals surface area contributed by atoms with E-state index >= 15 is 0 Å². The van der Waals surface area contributed by atoms with Gasteiger partial charge in [0.25, 0.3) is 10.0 Å². The highest BCUT2D eigenvalue weighted by atomic mass is 79.9. The van der Waals surface area contributed by atoms with E-state index in [1.54, 1.807) is 4.31 Å². The third-order valence-corrected chi connectivity index (χ3v) is 7.56. The largest absolute Gasteiger partial charge is 0.252 e. The third kappa shape index (κ3) is 4.70. The molecule has 0 aliphatic heterocycles. The molecule has 1 aromatic heterocycles. The summed E-state index contributed by atoms with van der Waals surface area (Å²) in [5.74, 6) is 0. The molecule has 19 heavy (non-hydrogen) atoms. The van der Waals surface area contributed by atoms with Gasteiger partial charge in [0.15, 0.2) is 0 Å². The van der Waals surface area contributed by atoms with Crippen molar-refractivity contribution in [1.82, 2.24) is 4.31 Å². The van der Waals surface area contributed by atoms with Gasteiger partial charge < -0.3 is 0 Å². The number of halogens is 2. The van der Waals surface area contributed by atoms with E-state index in [0.717, 1.165) is 25.7 Å². The molecule has 0 radical (unpaired) electrons. The van der Waals surface area contributed by atoms with Crippen LogP contribution in [-0.4, -0.2) is 25.8 Å². The number of hydrogen-bond acceptors (Lipinski definition) is 3. The lowest BCUT2D eigenvalue weighted by molar-refractivity contribution is 0.396. The minimum absolute atomic E-state index is 0.316. The molecule has 0 amide bonds. The summed E-state index contributed by atoms with van der Waals surface area (Å²) >= 11 is 10.4. The Morgan fingerprint density at radius 3 is 2.16 bits per heavy atom. The predicted octanol–water partition coefficient (Wildman–Crippen LogP) is 4.75. The minimum atomic E-state index is -3.41. The lowest BCUT2D eigenvalue weighted by Crippen LogP contribution is -2.32. The van der Waals surface area contributed by atoms with Gasteiger partial charge in [0.05, 0.1) is 8.81 Å². The molecule has 0 spiro atoms. The SMILES string of the molecule is CCCCN(CCCC)S(=O)(=O)c1cc(Cl)c(Br)s1. The summed E-state index contributed by atoms with van der Waals surface area (Å²) in [7, 11) is -3.41. The smallest absolute Gasteiger partial charge is 0.206 e. The van der Waals surface area contributed by atoms with Crippen molar-refractivity contribution in [2.24, 2.45) is 0 Å². The average Bonchev–Trinajstić information content (AvgIpc) is 2.70. The van der Waals surface area contributed by atoms with Gasteiger partial charge in [0.2, 0.25) is 0 Å². The first-order valence-corrected chi connectivity index (χ1v) is 9.81. The Morgan fingerprint density at radius 1 is 1.26 bits per heavy atom. The van der Waals surface area contributed by atoms with Crippen molar-refractivity contribution < 1.29 is 8.42 Å². The van der Waals surface area contributed by atoms with Gasteiger partial charge in [-0.05, 0) is 34.8 Å². The fraction of sp³-hybridized carbons (Fsp3) is 0.667. The molecule has 0 aliphatic rings. The van der Waals surface area contributed by atoms with Crippen LogP contribution in [0.25, 0.3) is 0 Å². The van der Waals surface area contributed by atoms with Gasteiger partial charge in [0, 0.05) is 13.1 Å². The van der Waals surface area contributed by atoms with E-state index in [4.69, 9.17) is 11.6 Å². The first-order chi connectivity index (χ1) is 8.93. The maximum Gasteiger partial charge on any atom is 0.252 e. The van der Waals surface area contributed by atoms with E-state index in [-0.39, 0.29) is 0 Å². The first-order valence-electron chi connectivity index (χ1n) is 6.38. The van der Waals surface area contributed by atoms with Crippen molar-refractivity contribution in [2.45, 2.75) is 43.7 Å². The molecule has 0 aromatic carbocycles. The van der Waals surface area contributed by atoms with Crippen molar-refractivity contribution in [2.75, 3.05) is 13.1 Å². The van der Waals surface area contributed by atoms with Gasteiger partial charge in [-0.3, -0.25) is 0 Å². The normalized spacial score (nSPS) is 12.3. The van der Waals surface area contributed by atoms with Crippen LogP contribution < -0.4 is 0 Å². The van der Waals surface area contributed by atoms with Crippen molar-refractivity contribution >= 4 is 48.9 Å². The number of sulfonamides is 1. The summed E-state index contributed by atoms with van der Waals surface area (Å²) in [6.45, 7) is 5.27. The molecule has 0 saturated heterocycles. The topological polar surface area (TPSA) is 37.4 Å². The summed E-state index contributed by atoms with van der Waals surface area (Å²) in [4.78, 5) is 0. The second kappa shape index (κ2) is 7.98. The molecule has 7 heteroatoms. The molecule has 0 saturated carbocycles. The van der Waals surface area contributed by atoms with Crippen molar-refractivity contribution in [3.63, 3.8) is 0 Å². The molecule has 1 heterocycles. The fourth-order valence-corrected chi connectivity index (χ4v) is 5.67. The zero-order chi connectivity index (χ0) is 14.5. The van der Waals surface area contributed by atoms with E-state index in [2.05, 4.69) is 29.8 Å². The average molecular weight is 389 g/mol. The molecule has 0 aliphatic carbocycles. The van der Waals surface area contributed by atoms with Gasteiger partial charge in [-0.25, -0.2) is 8.42 Å². The Bertz CT molecular complexity index is 474. The van der Waals surface area contributed by atoms with Crippen LogP contribution in [0.2, 0.25) is 5.02 Å². The molecular weight excluding hydrogens is 370 g/mol. The number of nitrogens with zero attached hydrogens (tertiary/aromatic N) is 1. The zero-order valence-electron chi connectivity index (χ0n) is 11.2. The molecule has 3 nitrogen and oxygen atoms in total. The summed E-state index contributed by atoms with van der Waals surface area (Å²) in [6, 6.07) is 1.52. The number of unbranched alkanes of at least 4 members (excludes halogenated alkanes) is 2. The molecule has 1 rings (SSSR count). The second-order valence-electron chi connectivity index (χ2n) is 4.30. The summed E-state index contributed by atoms with van der Waals surface area (Å²) in [6.07, 6.45) is 3.71. The molecule has 110 valence electrons. The summed E-state index contributed by atoms with van der Waals surface area (Å²) in [5, 5.41) is 0.453. The maximum absolute atomic E-state index is 12.6. The minimum Gasteiger partial charge on any atom is -0.206 e. The van der Waals surface area contributed by atoms with Crippen molar-refractivity contribution in [1.29, 1.82) is 0 Å². The summed E-state index contributed by atoms with van der Waals surface area (Å²) < 4.78 is 27.7. The zero-order valence-corrected chi connectivity index (χ0v) is 15.1. The molecule has 0 N–H and O–H groups in total. The van der Waals surface area contributed by atoms with Crippen molar-refractivity contribution in [3.05, 3.63) is 14.9 Å². The molecular formula is C12H19BrClNO2S2. The van der Waals surface area contributed by atoms with E-state index in [1.165, 1.54) is 17.4 Å². The molecule has 0 bridgehead atoms. The van der Waals surface area contributed by atoms with Gasteiger partial charge >= 0.3 is 0 Å². The molecule has 0 unspecified atom stereocenters. The van der Waals surface area contributed by atoms with Gasteiger partial charge in [-0.2, -0.15) is 4.31 Å².